The number of fused-ring (bicyclic) bond motifs is 1. The molecular weight excluding hydrogens is 264 g/mol. The van der Waals surface area contributed by atoms with Crippen molar-refractivity contribution in [1.82, 2.24) is 0 Å². The van der Waals surface area contributed by atoms with Gasteiger partial charge < -0.3 is 15.4 Å². The number of rotatable bonds is 2. The van der Waals surface area contributed by atoms with Crippen molar-refractivity contribution in [2.75, 3.05) is 10.6 Å². The Labute approximate surface area is 126 Å². The number of nitrogens with one attached hydrogen (secondary N) is 2. The van der Waals surface area contributed by atoms with Gasteiger partial charge >= 0.3 is 0 Å². The van der Waals surface area contributed by atoms with Crippen LogP contribution in [0.5, 0.6) is 5.75 Å². The highest BCUT2D eigenvalue weighted by Crippen LogP contribution is 2.35. The SMILES string of the molecule is CC1Oc2ccc(NC3CCC(C)C(C)C3)cc2NC1=O. The third-order valence-electron chi connectivity index (χ3n) is 4.88. The third kappa shape index (κ3) is 2.99. The summed E-state index contributed by atoms with van der Waals surface area (Å²) in [6.45, 7) is 6.43. The summed E-state index contributed by atoms with van der Waals surface area (Å²) in [4.78, 5) is 11.7. The second kappa shape index (κ2) is 5.58. The number of benzene rings is 1. The molecule has 0 bridgehead atoms. The topological polar surface area (TPSA) is 50.4 Å². The van der Waals surface area contributed by atoms with Gasteiger partial charge in [-0.1, -0.05) is 13.8 Å². The van der Waals surface area contributed by atoms with E-state index in [4.69, 9.17) is 4.74 Å². The largest absolute Gasteiger partial charge is 0.479 e. The number of hydrogen-bond donors (Lipinski definition) is 2. The molecule has 21 heavy (non-hydrogen) atoms. The van der Waals surface area contributed by atoms with E-state index >= 15 is 0 Å². The molecule has 2 N–H and O–H groups in total. The van der Waals surface area contributed by atoms with Crippen molar-refractivity contribution in [3.63, 3.8) is 0 Å². The Morgan fingerprint density at radius 2 is 2.00 bits per heavy atom. The molecule has 1 fully saturated rings. The van der Waals surface area contributed by atoms with E-state index in [0.717, 1.165) is 29.0 Å². The first-order valence-corrected chi connectivity index (χ1v) is 7.91. The Morgan fingerprint density at radius 1 is 1.19 bits per heavy atom. The third-order valence-corrected chi connectivity index (χ3v) is 4.88. The van der Waals surface area contributed by atoms with Crippen molar-refractivity contribution in [2.24, 2.45) is 11.8 Å². The van der Waals surface area contributed by atoms with E-state index in [-0.39, 0.29) is 5.91 Å². The predicted molar refractivity (Wildman–Crippen MR) is 84.8 cm³/mol. The highest BCUT2D eigenvalue weighted by Gasteiger charge is 2.26. The first-order valence-electron chi connectivity index (χ1n) is 7.91. The van der Waals surface area contributed by atoms with Gasteiger partial charge in [0.2, 0.25) is 0 Å². The van der Waals surface area contributed by atoms with Crippen molar-refractivity contribution < 1.29 is 9.53 Å². The van der Waals surface area contributed by atoms with Gasteiger partial charge in [0.15, 0.2) is 6.10 Å². The van der Waals surface area contributed by atoms with Crippen LogP contribution in [0.25, 0.3) is 0 Å². The van der Waals surface area contributed by atoms with Crippen molar-refractivity contribution in [2.45, 2.75) is 52.2 Å². The summed E-state index contributed by atoms with van der Waals surface area (Å²) in [6, 6.07) is 6.46. The fourth-order valence-electron chi connectivity index (χ4n) is 3.21. The van der Waals surface area contributed by atoms with E-state index in [1.807, 2.05) is 18.2 Å². The van der Waals surface area contributed by atoms with Crippen molar-refractivity contribution in [1.29, 1.82) is 0 Å². The number of anilines is 2. The van der Waals surface area contributed by atoms with Gasteiger partial charge in [0.25, 0.3) is 5.91 Å². The molecule has 2 aliphatic rings. The standard InChI is InChI=1S/C17H24N2O2/c1-10-4-5-13(8-11(10)2)18-14-6-7-16-15(9-14)19-17(20)12(3)21-16/h6-7,9-13,18H,4-5,8H2,1-3H3,(H,19,20). The molecule has 4 nitrogen and oxygen atoms in total. The molecule has 0 aromatic heterocycles. The summed E-state index contributed by atoms with van der Waals surface area (Å²) >= 11 is 0. The molecule has 4 unspecified atom stereocenters. The highest BCUT2D eigenvalue weighted by atomic mass is 16.5. The molecule has 4 heteroatoms. The maximum Gasteiger partial charge on any atom is 0.265 e. The summed E-state index contributed by atoms with van der Waals surface area (Å²) < 4.78 is 5.58. The Kier molecular flexibility index (Phi) is 3.79. The second-order valence-electron chi connectivity index (χ2n) is 6.57. The van der Waals surface area contributed by atoms with E-state index in [1.165, 1.54) is 19.3 Å². The minimum Gasteiger partial charge on any atom is -0.479 e. The summed E-state index contributed by atoms with van der Waals surface area (Å²) in [7, 11) is 0. The number of amides is 1. The molecule has 1 saturated carbocycles. The van der Waals surface area contributed by atoms with Crippen molar-refractivity contribution in [3.05, 3.63) is 18.2 Å². The molecule has 1 aromatic carbocycles. The van der Waals surface area contributed by atoms with Crippen LogP contribution < -0.4 is 15.4 Å². The van der Waals surface area contributed by atoms with Crippen molar-refractivity contribution in [3.8, 4) is 5.75 Å². The summed E-state index contributed by atoms with van der Waals surface area (Å²) in [6.07, 6.45) is 3.28. The van der Waals surface area contributed by atoms with Gasteiger partial charge in [0.1, 0.15) is 5.75 Å². The number of carbonyl (C=O) groups excluding carboxylic acids is 1. The number of hydrogen-bond acceptors (Lipinski definition) is 3. The van der Waals surface area contributed by atoms with Crippen molar-refractivity contribution >= 4 is 17.3 Å². The predicted octanol–water partition coefficient (Wildman–Crippen LogP) is 3.64. The second-order valence-corrected chi connectivity index (χ2v) is 6.57. The molecule has 0 radical (unpaired) electrons. The minimum atomic E-state index is -0.419. The van der Waals surface area contributed by atoms with Crippen LogP contribution in [0.2, 0.25) is 0 Å². The lowest BCUT2D eigenvalue weighted by Crippen LogP contribution is -2.34. The fraction of sp³-hybridized carbons (Fsp3) is 0.588. The van der Waals surface area contributed by atoms with E-state index in [9.17, 15) is 4.79 Å². The van der Waals surface area contributed by atoms with Gasteiger partial charge in [0.05, 0.1) is 5.69 Å². The van der Waals surface area contributed by atoms with Crippen LogP contribution in [0.15, 0.2) is 18.2 Å². The zero-order chi connectivity index (χ0) is 15.0. The maximum atomic E-state index is 11.7. The Morgan fingerprint density at radius 3 is 2.76 bits per heavy atom. The van der Waals surface area contributed by atoms with E-state index in [1.54, 1.807) is 6.92 Å². The van der Waals surface area contributed by atoms with E-state index in [2.05, 4.69) is 24.5 Å². The lowest BCUT2D eigenvalue weighted by atomic mass is 9.79. The molecule has 0 spiro atoms. The van der Waals surface area contributed by atoms with Crippen LogP contribution in [-0.4, -0.2) is 18.1 Å². The molecule has 1 aliphatic carbocycles. The lowest BCUT2D eigenvalue weighted by molar-refractivity contribution is -0.122. The first kappa shape index (κ1) is 14.2. The van der Waals surface area contributed by atoms with E-state index < -0.39 is 6.10 Å². The molecule has 3 rings (SSSR count). The van der Waals surface area contributed by atoms with Gasteiger partial charge in [-0.15, -0.1) is 0 Å². The van der Waals surface area contributed by atoms with Gasteiger partial charge in [-0.3, -0.25) is 4.79 Å². The number of ether oxygens (including phenoxy) is 1. The Balaban J connectivity index is 1.70. The minimum absolute atomic E-state index is 0.0836. The molecule has 1 aliphatic heterocycles. The zero-order valence-corrected chi connectivity index (χ0v) is 13.0. The quantitative estimate of drug-likeness (QED) is 0.873. The summed E-state index contributed by atoms with van der Waals surface area (Å²) in [5.41, 5.74) is 1.82. The zero-order valence-electron chi connectivity index (χ0n) is 13.0. The van der Waals surface area contributed by atoms with Crippen LogP contribution in [0, 0.1) is 11.8 Å². The highest BCUT2D eigenvalue weighted by molar-refractivity contribution is 5.98. The van der Waals surface area contributed by atoms with Crippen LogP contribution in [0.3, 0.4) is 0 Å². The molecule has 1 heterocycles. The van der Waals surface area contributed by atoms with Gasteiger partial charge in [0, 0.05) is 11.7 Å². The Hall–Kier alpha value is -1.71. The smallest absolute Gasteiger partial charge is 0.265 e. The Bertz CT molecular complexity index is 544. The van der Waals surface area contributed by atoms with Gasteiger partial charge in [-0.25, -0.2) is 0 Å². The fourth-order valence-corrected chi connectivity index (χ4v) is 3.21. The molecule has 0 saturated heterocycles. The first-order chi connectivity index (χ1) is 10.0. The molecular formula is C17H24N2O2. The average molecular weight is 288 g/mol. The van der Waals surface area contributed by atoms with Gasteiger partial charge in [-0.2, -0.15) is 0 Å². The van der Waals surface area contributed by atoms with E-state index in [0.29, 0.717) is 6.04 Å². The average Bonchev–Trinajstić information content (AvgIpc) is 2.44. The normalized spacial score (nSPS) is 31.9. The van der Waals surface area contributed by atoms with Gasteiger partial charge in [-0.05, 0) is 56.2 Å². The van der Waals surface area contributed by atoms with Crippen LogP contribution in [0.1, 0.15) is 40.0 Å². The summed E-state index contributed by atoms with van der Waals surface area (Å²) in [5, 5.41) is 6.50. The molecule has 1 aromatic rings. The van der Waals surface area contributed by atoms with Crippen LogP contribution in [-0.2, 0) is 4.79 Å². The van der Waals surface area contributed by atoms with Crippen LogP contribution in [0.4, 0.5) is 11.4 Å². The van der Waals surface area contributed by atoms with Crippen LogP contribution >= 0.6 is 0 Å². The molecule has 114 valence electrons. The summed E-state index contributed by atoms with van der Waals surface area (Å²) in [5.74, 6) is 2.25. The number of carbonyl (C=O) groups is 1. The maximum absolute atomic E-state index is 11.7. The molecule has 1 amide bonds. The monoisotopic (exact) mass is 288 g/mol. The lowest BCUT2D eigenvalue weighted by Gasteiger charge is -2.33. The molecule has 4 atom stereocenters.